The summed E-state index contributed by atoms with van der Waals surface area (Å²) < 4.78 is 0. The fourth-order valence-electron chi connectivity index (χ4n) is 1.94. The van der Waals surface area contributed by atoms with Gasteiger partial charge in [0, 0.05) is 6.54 Å². The lowest BCUT2D eigenvalue weighted by atomic mass is 10.1. The Morgan fingerprint density at radius 3 is 2.47 bits per heavy atom. The Bertz CT molecular complexity index is 330. The van der Waals surface area contributed by atoms with E-state index in [4.69, 9.17) is 10.4 Å². The van der Waals surface area contributed by atoms with E-state index in [1.54, 1.807) is 13.8 Å². The van der Waals surface area contributed by atoms with Gasteiger partial charge in [-0.3, -0.25) is 9.59 Å². The van der Waals surface area contributed by atoms with Gasteiger partial charge in [0.15, 0.2) is 0 Å². The Morgan fingerprint density at radius 1 is 1.47 bits per heavy atom. The van der Waals surface area contributed by atoms with Crippen molar-refractivity contribution in [2.75, 3.05) is 6.54 Å². The van der Waals surface area contributed by atoms with Crippen LogP contribution in [0.15, 0.2) is 0 Å². The first-order valence-electron chi connectivity index (χ1n) is 4.80. The summed E-state index contributed by atoms with van der Waals surface area (Å²) in [4.78, 5) is 22.3. The molecule has 1 saturated carbocycles. The molecule has 0 spiro atoms. The molecule has 1 aliphatic rings. The van der Waals surface area contributed by atoms with Crippen LogP contribution in [0, 0.1) is 28.6 Å². The van der Waals surface area contributed by atoms with E-state index < -0.39 is 23.2 Å². The van der Waals surface area contributed by atoms with Crippen LogP contribution in [-0.4, -0.2) is 23.5 Å². The van der Waals surface area contributed by atoms with Crippen LogP contribution in [0.1, 0.15) is 20.3 Å². The Morgan fingerprint density at radius 2 is 2.07 bits per heavy atom. The van der Waals surface area contributed by atoms with Crippen LogP contribution < -0.4 is 5.32 Å². The minimum absolute atomic E-state index is 0.247. The molecule has 0 radical (unpaired) electrons. The van der Waals surface area contributed by atoms with Crippen molar-refractivity contribution in [1.29, 1.82) is 5.26 Å². The van der Waals surface area contributed by atoms with Gasteiger partial charge in [0.05, 0.1) is 24.3 Å². The number of nitrogens with one attached hydrogen (secondary N) is 1. The van der Waals surface area contributed by atoms with Gasteiger partial charge >= 0.3 is 5.97 Å². The fraction of sp³-hybridized carbons (Fsp3) is 0.700. The van der Waals surface area contributed by atoms with E-state index in [1.165, 1.54) is 0 Å². The van der Waals surface area contributed by atoms with Gasteiger partial charge in [0.25, 0.3) is 0 Å². The van der Waals surface area contributed by atoms with Crippen molar-refractivity contribution in [2.45, 2.75) is 20.3 Å². The lowest BCUT2D eigenvalue weighted by Gasteiger charge is -2.02. The molecule has 0 saturated heterocycles. The molecule has 1 rings (SSSR count). The van der Waals surface area contributed by atoms with Crippen molar-refractivity contribution >= 4 is 11.9 Å². The zero-order valence-electron chi connectivity index (χ0n) is 8.78. The molecule has 0 aromatic rings. The second kappa shape index (κ2) is 3.89. The number of hydrogen-bond donors (Lipinski definition) is 2. The van der Waals surface area contributed by atoms with Crippen LogP contribution in [0.4, 0.5) is 0 Å². The summed E-state index contributed by atoms with van der Waals surface area (Å²) in [7, 11) is 0. The Balaban J connectivity index is 2.50. The number of carboxylic acid groups (broad SMARTS) is 1. The summed E-state index contributed by atoms with van der Waals surface area (Å²) in [6.07, 6.45) is 0.247. The predicted molar refractivity (Wildman–Crippen MR) is 51.6 cm³/mol. The molecule has 2 N–H and O–H groups in total. The Hall–Kier alpha value is -1.57. The van der Waals surface area contributed by atoms with Gasteiger partial charge in [0.2, 0.25) is 5.91 Å². The van der Waals surface area contributed by atoms with Crippen LogP contribution in [-0.2, 0) is 9.59 Å². The highest BCUT2D eigenvalue weighted by Gasteiger charge is 2.65. The highest BCUT2D eigenvalue weighted by Crippen LogP contribution is 2.58. The number of amides is 1. The Kier molecular flexibility index (Phi) is 2.98. The monoisotopic (exact) mass is 210 g/mol. The molecule has 1 fully saturated rings. The summed E-state index contributed by atoms with van der Waals surface area (Å²) in [5.41, 5.74) is -0.470. The number of carboxylic acids is 1. The first-order valence-corrected chi connectivity index (χ1v) is 4.80. The third-order valence-electron chi connectivity index (χ3n) is 2.91. The smallest absolute Gasteiger partial charge is 0.307 e. The largest absolute Gasteiger partial charge is 0.481 e. The number of hydrogen-bond acceptors (Lipinski definition) is 3. The van der Waals surface area contributed by atoms with Gasteiger partial charge in [-0.15, -0.1) is 0 Å². The lowest BCUT2D eigenvalue weighted by Crippen LogP contribution is -2.28. The summed E-state index contributed by atoms with van der Waals surface area (Å²) in [6.45, 7) is 3.81. The molecular weight excluding hydrogens is 196 g/mol. The molecule has 0 heterocycles. The van der Waals surface area contributed by atoms with E-state index in [9.17, 15) is 9.59 Å². The standard InChI is InChI=1S/C10H14N2O3/c1-10(2)6(7(10)9(14)15)8(13)12-5-3-4-11/h6-7H,3,5H2,1-2H3,(H,12,13)(H,14,15)/t6-,7+/m1/s1. The quantitative estimate of drug-likeness (QED) is 0.656. The van der Waals surface area contributed by atoms with E-state index in [2.05, 4.69) is 5.32 Å². The molecular formula is C10H14N2O3. The first-order chi connectivity index (χ1) is 6.92. The highest BCUT2D eigenvalue weighted by molar-refractivity contribution is 5.91. The molecule has 15 heavy (non-hydrogen) atoms. The maximum atomic E-state index is 11.5. The van der Waals surface area contributed by atoms with Crippen LogP contribution >= 0.6 is 0 Å². The topological polar surface area (TPSA) is 90.2 Å². The molecule has 5 heteroatoms. The summed E-state index contributed by atoms with van der Waals surface area (Å²) in [6, 6.07) is 1.91. The molecule has 1 amide bonds. The number of nitrogens with zero attached hydrogens (tertiary/aromatic N) is 1. The van der Waals surface area contributed by atoms with Gasteiger partial charge in [-0.25, -0.2) is 0 Å². The molecule has 0 aliphatic heterocycles. The van der Waals surface area contributed by atoms with Crippen molar-refractivity contribution in [2.24, 2.45) is 17.3 Å². The van der Waals surface area contributed by atoms with Crippen LogP contribution in [0.2, 0.25) is 0 Å². The van der Waals surface area contributed by atoms with Gasteiger partial charge in [-0.2, -0.15) is 5.26 Å². The zero-order valence-corrected chi connectivity index (χ0v) is 8.78. The fourth-order valence-corrected chi connectivity index (χ4v) is 1.94. The minimum Gasteiger partial charge on any atom is -0.481 e. The molecule has 82 valence electrons. The molecule has 0 unspecified atom stereocenters. The lowest BCUT2D eigenvalue weighted by molar-refractivity contribution is -0.140. The molecule has 0 bridgehead atoms. The maximum Gasteiger partial charge on any atom is 0.307 e. The number of aliphatic carboxylic acids is 1. The van der Waals surface area contributed by atoms with E-state index in [-0.39, 0.29) is 18.9 Å². The normalized spacial score (nSPS) is 26.5. The maximum absolute atomic E-state index is 11.5. The van der Waals surface area contributed by atoms with Crippen LogP contribution in [0.25, 0.3) is 0 Å². The Labute approximate surface area is 88.1 Å². The van der Waals surface area contributed by atoms with Gasteiger partial charge in [-0.1, -0.05) is 13.8 Å². The average Bonchev–Trinajstić information content (AvgIpc) is 2.69. The van der Waals surface area contributed by atoms with E-state index in [0.717, 1.165) is 0 Å². The van der Waals surface area contributed by atoms with Crippen molar-refractivity contribution < 1.29 is 14.7 Å². The zero-order chi connectivity index (χ0) is 11.6. The van der Waals surface area contributed by atoms with Crippen molar-refractivity contribution in [3.05, 3.63) is 0 Å². The van der Waals surface area contributed by atoms with E-state index >= 15 is 0 Å². The number of carbonyl (C=O) groups is 2. The summed E-state index contributed by atoms with van der Waals surface area (Å²) in [5.74, 6) is -2.25. The molecule has 0 aromatic heterocycles. The number of rotatable bonds is 4. The van der Waals surface area contributed by atoms with Gasteiger partial charge in [-0.05, 0) is 5.41 Å². The summed E-state index contributed by atoms with van der Waals surface area (Å²) >= 11 is 0. The number of carbonyl (C=O) groups excluding carboxylic acids is 1. The second-order valence-corrected chi connectivity index (χ2v) is 4.31. The van der Waals surface area contributed by atoms with E-state index in [0.29, 0.717) is 0 Å². The first kappa shape index (κ1) is 11.5. The molecule has 2 atom stereocenters. The van der Waals surface area contributed by atoms with Gasteiger partial charge < -0.3 is 10.4 Å². The second-order valence-electron chi connectivity index (χ2n) is 4.31. The minimum atomic E-state index is -0.930. The predicted octanol–water partition coefficient (Wildman–Crippen LogP) is 0.373. The van der Waals surface area contributed by atoms with Crippen LogP contribution in [0.5, 0.6) is 0 Å². The van der Waals surface area contributed by atoms with E-state index in [1.807, 2.05) is 6.07 Å². The molecule has 0 aromatic carbocycles. The average molecular weight is 210 g/mol. The van der Waals surface area contributed by atoms with Crippen molar-refractivity contribution in [3.63, 3.8) is 0 Å². The summed E-state index contributed by atoms with van der Waals surface area (Å²) in [5, 5.41) is 19.7. The molecule has 1 aliphatic carbocycles. The SMILES string of the molecule is CC1(C)[C@H](C(=O)O)[C@@H]1C(=O)NCCC#N. The van der Waals surface area contributed by atoms with Crippen LogP contribution in [0.3, 0.4) is 0 Å². The third-order valence-corrected chi connectivity index (χ3v) is 2.91. The van der Waals surface area contributed by atoms with Gasteiger partial charge in [0.1, 0.15) is 0 Å². The number of nitriles is 1. The molecule has 5 nitrogen and oxygen atoms in total. The van der Waals surface area contributed by atoms with Crippen molar-refractivity contribution in [3.8, 4) is 6.07 Å². The highest BCUT2D eigenvalue weighted by atomic mass is 16.4. The third kappa shape index (κ3) is 2.09. The van der Waals surface area contributed by atoms with Crippen molar-refractivity contribution in [1.82, 2.24) is 5.32 Å².